The van der Waals surface area contributed by atoms with E-state index in [1.54, 1.807) is 18.3 Å². The molecule has 10 nitrogen and oxygen atoms in total. The number of aromatic amines is 1. The van der Waals surface area contributed by atoms with Crippen molar-refractivity contribution in [2.75, 3.05) is 12.4 Å². The fourth-order valence-electron chi connectivity index (χ4n) is 5.85. The Morgan fingerprint density at radius 3 is 2.71 bits per heavy atom. The number of hydrogen-bond donors (Lipinski definition) is 4. The Kier molecular flexibility index (Phi) is 4.94. The van der Waals surface area contributed by atoms with Crippen LogP contribution >= 0.6 is 0 Å². The molecule has 0 spiro atoms. The maximum absolute atomic E-state index is 14.0. The molecule has 0 aromatic carbocycles. The summed E-state index contributed by atoms with van der Waals surface area (Å²) in [5.74, 6) is -1.09. The molecule has 4 aromatic rings. The van der Waals surface area contributed by atoms with Gasteiger partial charge in [-0.2, -0.15) is 0 Å². The number of aliphatic carboxylic acids is 1. The van der Waals surface area contributed by atoms with Gasteiger partial charge in [-0.15, -0.1) is 5.10 Å². The summed E-state index contributed by atoms with van der Waals surface area (Å²) < 4.78 is 15.5. The Bertz CT molecular complexity index is 1470. The first kappa shape index (κ1) is 21.5. The Morgan fingerprint density at radius 2 is 1.97 bits per heavy atom. The Balaban J connectivity index is 1.52. The van der Waals surface area contributed by atoms with Crippen LogP contribution in [0.2, 0.25) is 0 Å². The summed E-state index contributed by atoms with van der Waals surface area (Å²) >= 11 is 0. The highest BCUT2D eigenvalue weighted by atomic mass is 19.1. The van der Waals surface area contributed by atoms with Gasteiger partial charge in [0.1, 0.15) is 22.7 Å². The number of H-pyrrole nitrogens is 1. The maximum Gasteiger partial charge on any atom is 0.308 e. The molecule has 3 aliphatic carbocycles. The first-order valence-corrected chi connectivity index (χ1v) is 11.7. The molecule has 3 fully saturated rings. The first-order valence-electron chi connectivity index (χ1n) is 11.7. The molecule has 11 heteroatoms. The van der Waals surface area contributed by atoms with E-state index in [0.717, 1.165) is 31.9 Å². The van der Waals surface area contributed by atoms with Crippen LogP contribution in [0.4, 0.5) is 10.2 Å². The van der Waals surface area contributed by atoms with E-state index >= 15 is 0 Å². The summed E-state index contributed by atoms with van der Waals surface area (Å²) in [7, 11) is 1.54. The Hall–Kier alpha value is -4.02. The highest BCUT2D eigenvalue weighted by Crippen LogP contribution is 2.46. The number of carboxylic acids is 1. The summed E-state index contributed by atoms with van der Waals surface area (Å²) in [6.07, 6.45) is 6.55. The second-order valence-electron chi connectivity index (χ2n) is 9.34. The molecule has 0 radical (unpaired) electrons. The standard InChI is InChI=1S/C24H24FN7O3/c1-26-23(33)17-7-6-16-22(29-19-12-4-2-11(3-5-12)18(19)24(34)35)30-21(31-32(16)17)15-10-28-20-14(15)8-13(25)9-27-20/h6-12,18-19H,2-5H2,1H3,(H,26,33)(H,27,28)(H,34,35)(H,29,30,31)/t11?,12?,18-,19-/m1/s1. The predicted octanol–water partition coefficient (Wildman–Crippen LogP) is 3.07. The van der Waals surface area contributed by atoms with Gasteiger partial charge in [-0.1, -0.05) is 0 Å². The minimum Gasteiger partial charge on any atom is -0.481 e. The van der Waals surface area contributed by atoms with Gasteiger partial charge in [-0.3, -0.25) is 9.59 Å². The molecule has 4 N–H and O–H groups in total. The van der Waals surface area contributed by atoms with Crippen LogP contribution in [-0.4, -0.2) is 54.6 Å². The lowest BCUT2D eigenvalue weighted by Crippen LogP contribution is -2.51. The molecular weight excluding hydrogens is 453 g/mol. The van der Waals surface area contributed by atoms with Gasteiger partial charge in [-0.05, 0) is 55.7 Å². The number of fused-ring (bicyclic) bond motifs is 5. The molecule has 3 saturated carbocycles. The number of nitrogens with one attached hydrogen (secondary N) is 3. The number of pyridine rings is 1. The Labute approximate surface area is 199 Å². The molecule has 4 aromatic heterocycles. The van der Waals surface area contributed by atoms with Crippen molar-refractivity contribution in [2.24, 2.45) is 17.8 Å². The maximum atomic E-state index is 14.0. The van der Waals surface area contributed by atoms with E-state index in [0.29, 0.717) is 33.6 Å². The summed E-state index contributed by atoms with van der Waals surface area (Å²) in [5, 5.41) is 21.2. The third-order valence-electron chi connectivity index (χ3n) is 7.52. The zero-order chi connectivity index (χ0) is 24.3. The lowest BCUT2D eigenvalue weighted by Gasteiger charge is -2.47. The van der Waals surface area contributed by atoms with Crippen molar-refractivity contribution in [3.05, 3.63) is 42.1 Å². The summed E-state index contributed by atoms with van der Waals surface area (Å²) in [6.45, 7) is 0. The van der Waals surface area contributed by atoms with Gasteiger partial charge >= 0.3 is 5.97 Å². The molecular formula is C24H24FN7O3. The monoisotopic (exact) mass is 477 g/mol. The van der Waals surface area contributed by atoms with Crippen LogP contribution in [0.25, 0.3) is 27.9 Å². The molecule has 4 heterocycles. The van der Waals surface area contributed by atoms with E-state index in [-0.39, 0.29) is 29.6 Å². The number of carbonyl (C=O) groups is 2. The highest BCUT2D eigenvalue weighted by molar-refractivity contribution is 5.95. The zero-order valence-electron chi connectivity index (χ0n) is 19.0. The van der Waals surface area contributed by atoms with Gasteiger partial charge in [0.15, 0.2) is 11.6 Å². The molecule has 2 bridgehead atoms. The van der Waals surface area contributed by atoms with Crippen molar-refractivity contribution in [1.82, 2.24) is 29.9 Å². The number of nitrogens with zero attached hydrogens (tertiary/aromatic N) is 4. The van der Waals surface area contributed by atoms with Crippen LogP contribution in [0, 0.1) is 23.6 Å². The van der Waals surface area contributed by atoms with Crippen molar-refractivity contribution < 1.29 is 19.1 Å². The molecule has 1 amide bonds. The van der Waals surface area contributed by atoms with Crippen molar-refractivity contribution in [2.45, 2.75) is 31.7 Å². The van der Waals surface area contributed by atoms with Crippen LogP contribution < -0.4 is 10.6 Å². The van der Waals surface area contributed by atoms with Crippen molar-refractivity contribution in [3.8, 4) is 11.4 Å². The van der Waals surface area contributed by atoms with E-state index in [1.807, 2.05) is 0 Å². The number of anilines is 1. The SMILES string of the molecule is CNC(=O)c1ccc2c(N[C@@H]3C4CCC(CC4)[C@H]3C(=O)O)nc(-c3c[nH]c4ncc(F)cc34)nn12. The van der Waals surface area contributed by atoms with Gasteiger partial charge in [0.25, 0.3) is 5.91 Å². The second-order valence-corrected chi connectivity index (χ2v) is 9.34. The van der Waals surface area contributed by atoms with Gasteiger partial charge in [-0.25, -0.2) is 18.9 Å². The van der Waals surface area contributed by atoms with E-state index in [4.69, 9.17) is 4.98 Å². The fourth-order valence-corrected chi connectivity index (χ4v) is 5.85. The minimum atomic E-state index is -0.804. The average Bonchev–Trinajstić information content (AvgIpc) is 3.48. The topological polar surface area (TPSA) is 137 Å². The number of carbonyl (C=O) groups excluding carboxylic acids is 1. The number of hydrogen-bond acceptors (Lipinski definition) is 6. The summed E-state index contributed by atoms with van der Waals surface area (Å²) in [6, 6.07) is 4.46. The quantitative estimate of drug-likeness (QED) is 0.347. The van der Waals surface area contributed by atoms with E-state index in [9.17, 15) is 19.1 Å². The van der Waals surface area contributed by atoms with Gasteiger partial charge in [0, 0.05) is 30.2 Å². The van der Waals surface area contributed by atoms with Crippen LogP contribution in [0.5, 0.6) is 0 Å². The molecule has 0 aliphatic heterocycles. The van der Waals surface area contributed by atoms with Crippen molar-refractivity contribution in [1.29, 1.82) is 0 Å². The van der Waals surface area contributed by atoms with Crippen LogP contribution in [0.3, 0.4) is 0 Å². The molecule has 2 atom stereocenters. The van der Waals surface area contributed by atoms with Crippen LogP contribution in [-0.2, 0) is 4.79 Å². The number of carboxylic acid groups (broad SMARTS) is 1. The summed E-state index contributed by atoms with van der Waals surface area (Å²) in [5.41, 5.74) is 1.86. The van der Waals surface area contributed by atoms with E-state index in [2.05, 4.69) is 25.7 Å². The zero-order valence-corrected chi connectivity index (χ0v) is 19.0. The summed E-state index contributed by atoms with van der Waals surface area (Å²) in [4.78, 5) is 36.6. The molecule has 180 valence electrons. The van der Waals surface area contributed by atoms with Crippen molar-refractivity contribution >= 4 is 34.2 Å². The van der Waals surface area contributed by atoms with E-state index < -0.39 is 17.7 Å². The minimum absolute atomic E-state index is 0.128. The van der Waals surface area contributed by atoms with Gasteiger partial charge in [0.2, 0.25) is 0 Å². The molecule has 35 heavy (non-hydrogen) atoms. The number of aromatic nitrogens is 5. The fraction of sp³-hybridized carbons (Fsp3) is 0.375. The van der Waals surface area contributed by atoms with Crippen molar-refractivity contribution in [3.63, 3.8) is 0 Å². The van der Waals surface area contributed by atoms with Gasteiger partial charge in [0.05, 0.1) is 12.1 Å². The normalized spacial score (nSPS) is 23.6. The highest BCUT2D eigenvalue weighted by Gasteiger charge is 2.47. The third kappa shape index (κ3) is 3.41. The number of amides is 1. The smallest absolute Gasteiger partial charge is 0.308 e. The molecule has 0 unspecified atom stereocenters. The largest absolute Gasteiger partial charge is 0.481 e. The first-order chi connectivity index (χ1) is 16.9. The van der Waals surface area contributed by atoms with Crippen LogP contribution in [0.15, 0.2) is 30.6 Å². The number of halogens is 1. The molecule has 7 rings (SSSR count). The second kappa shape index (κ2) is 8.03. The molecule has 0 saturated heterocycles. The average molecular weight is 478 g/mol. The van der Waals surface area contributed by atoms with E-state index in [1.165, 1.54) is 17.6 Å². The lowest BCUT2D eigenvalue weighted by molar-refractivity contribution is -0.148. The predicted molar refractivity (Wildman–Crippen MR) is 125 cm³/mol. The van der Waals surface area contributed by atoms with Gasteiger partial charge < -0.3 is 20.7 Å². The lowest BCUT2D eigenvalue weighted by atomic mass is 9.61. The number of rotatable bonds is 5. The Morgan fingerprint density at radius 1 is 1.20 bits per heavy atom. The third-order valence-corrected chi connectivity index (χ3v) is 7.52. The molecule has 3 aliphatic rings. The van der Waals surface area contributed by atoms with Crippen LogP contribution in [0.1, 0.15) is 36.2 Å².